The first-order chi connectivity index (χ1) is 7.22. The first kappa shape index (κ1) is 12.7. The van der Waals surface area contributed by atoms with Gasteiger partial charge in [0.05, 0.1) is 0 Å². The highest BCUT2D eigenvalue weighted by Gasteiger charge is 1.99. The summed E-state index contributed by atoms with van der Waals surface area (Å²) in [7, 11) is 0. The Kier molecular flexibility index (Phi) is 5.96. The van der Waals surface area contributed by atoms with Crippen molar-refractivity contribution in [1.82, 2.24) is 5.32 Å². The highest BCUT2D eigenvalue weighted by atomic mass is 79.9. The summed E-state index contributed by atoms with van der Waals surface area (Å²) >= 11 is 3.44. The Bertz CT molecular complexity index is 268. The average Bonchev–Trinajstić information content (AvgIpc) is 2.21. The van der Waals surface area contributed by atoms with Crippen molar-refractivity contribution in [3.8, 4) is 0 Å². The van der Waals surface area contributed by atoms with Gasteiger partial charge in [0.2, 0.25) is 0 Å². The van der Waals surface area contributed by atoms with Crippen molar-refractivity contribution in [1.29, 1.82) is 0 Å². The van der Waals surface area contributed by atoms with Gasteiger partial charge in [-0.2, -0.15) is 0 Å². The number of nitrogens with one attached hydrogen (secondary N) is 1. The van der Waals surface area contributed by atoms with E-state index >= 15 is 0 Å². The van der Waals surface area contributed by atoms with Crippen LogP contribution in [-0.4, -0.2) is 12.6 Å². The molecule has 0 aromatic heterocycles. The summed E-state index contributed by atoms with van der Waals surface area (Å²) < 4.78 is 1.15. The standard InChI is InChI=1S/C13H20BrN/c1-3-4-11(2)15-10-9-12-5-7-13(14)8-6-12/h5-8,11,15H,3-4,9-10H2,1-2H3. The molecule has 0 amide bonds. The first-order valence-electron chi connectivity index (χ1n) is 5.70. The predicted molar refractivity (Wildman–Crippen MR) is 70.2 cm³/mol. The van der Waals surface area contributed by atoms with Crippen LogP contribution in [0.4, 0.5) is 0 Å². The highest BCUT2D eigenvalue weighted by Crippen LogP contribution is 2.10. The maximum Gasteiger partial charge on any atom is 0.0175 e. The molecule has 0 aliphatic carbocycles. The van der Waals surface area contributed by atoms with Crippen LogP contribution in [0.15, 0.2) is 28.7 Å². The molecule has 1 N–H and O–H groups in total. The minimum Gasteiger partial charge on any atom is -0.314 e. The third-order valence-corrected chi connectivity index (χ3v) is 3.07. The lowest BCUT2D eigenvalue weighted by Crippen LogP contribution is -2.27. The van der Waals surface area contributed by atoms with Crippen LogP contribution >= 0.6 is 15.9 Å². The molecule has 0 saturated carbocycles. The normalized spacial score (nSPS) is 12.7. The van der Waals surface area contributed by atoms with E-state index in [0.717, 1.165) is 17.4 Å². The van der Waals surface area contributed by atoms with E-state index in [1.54, 1.807) is 0 Å². The highest BCUT2D eigenvalue weighted by molar-refractivity contribution is 9.10. The average molecular weight is 270 g/mol. The van der Waals surface area contributed by atoms with Crippen molar-refractivity contribution in [3.05, 3.63) is 34.3 Å². The van der Waals surface area contributed by atoms with Crippen molar-refractivity contribution >= 4 is 15.9 Å². The molecule has 0 spiro atoms. The summed E-state index contributed by atoms with van der Waals surface area (Å²) in [6, 6.07) is 9.20. The Hall–Kier alpha value is -0.340. The molecule has 84 valence electrons. The van der Waals surface area contributed by atoms with E-state index in [4.69, 9.17) is 0 Å². The molecule has 0 saturated heterocycles. The Balaban J connectivity index is 2.22. The zero-order valence-electron chi connectivity index (χ0n) is 9.59. The van der Waals surface area contributed by atoms with Crippen LogP contribution in [0.3, 0.4) is 0 Å². The molecule has 0 aliphatic rings. The Morgan fingerprint density at radius 2 is 1.93 bits per heavy atom. The van der Waals surface area contributed by atoms with Crippen LogP contribution in [-0.2, 0) is 6.42 Å². The number of halogens is 1. The van der Waals surface area contributed by atoms with Crippen LogP contribution in [0, 0.1) is 0 Å². The second-order valence-electron chi connectivity index (χ2n) is 4.02. The molecule has 0 bridgehead atoms. The second-order valence-corrected chi connectivity index (χ2v) is 4.94. The number of hydrogen-bond acceptors (Lipinski definition) is 1. The van der Waals surface area contributed by atoms with Gasteiger partial charge in [0.15, 0.2) is 0 Å². The van der Waals surface area contributed by atoms with Gasteiger partial charge >= 0.3 is 0 Å². The van der Waals surface area contributed by atoms with Crippen molar-refractivity contribution in [3.63, 3.8) is 0 Å². The summed E-state index contributed by atoms with van der Waals surface area (Å²) in [6.45, 7) is 5.56. The molecule has 0 heterocycles. The Morgan fingerprint density at radius 1 is 1.27 bits per heavy atom. The van der Waals surface area contributed by atoms with Crippen LogP contribution in [0.5, 0.6) is 0 Å². The van der Waals surface area contributed by atoms with E-state index in [0.29, 0.717) is 6.04 Å². The minimum atomic E-state index is 0.644. The molecule has 0 fully saturated rings. The fraction of sp³-hybridized carbons (Fsp3) is 0.538. The number of rotatable bonds is 6. The largest absolute Gasteiger partial charge is 0.314 e. The zero-order valence-corrected chi connectivity index (χ0v) is 11.2. The molecular weight excluding hydrogens is 250 g/mol. The SMILES string of the molecule is CCCC(C)NCCc1ccc(Br)cc1. The molecule has 15 heavy (non-hydrogen) atoms. The molecule has 0 radical (unpaired) electrons. The maximum atomic E-state index is 3.53. The fourth-order valence-electron chi connectivity index (χ4n) is 1.65. The van der Waals surface area contributed by atoms with Crippen molar-refractivity contribution in [2.45, 2.75) is 39.2 Å². The van der Waals surface area contributed by atoms with E-state index < -0.39 is 0 Å². The molecule has 1 atom stereocenters. The molecular formula is C13H20BrN. The zero-order chi connectivity index (χ0) is 11.1. The molecule has 0 aliphatic heterocycles. The number of hydrogen-bond donors (Lipinski definition) is 1. The van der Waals surface area contributed by atoms with Crippen LogP contribution in [0.2, 0.25) is 0 Å². The van der Waals surface area contributed by atoms with Gasteiger partial charge in [-0.3, -0.25) is 0 Å². The molecule has 1 unspecified atom stereocenters. The summed E-state index contributed by atoms with van der Waals surface area (Å²) in [5.74, 6) is 0. The summed E-state index contributed by atoms with van der Waals surface area (Å²) in [5, 5.41) is 3.53. The van der Waals surface area contributed by atoms with Crippen LogP contribution in [0.1, 0.15) is 32.3 Å². The molecule has 1 aromatic rings. The van der Waals surface area contributed by atoms with E-state index in [1.165, 1.54) is 18.4 Å². The van der Waals surface area contributed by atoms with E-state index in [1.807, 2.05) is 0 Å². The van der Waals surface area contributed by atoms with E-state index in [2.05, 4.69) is 59.4 Å². The smallest absolute Gasteiger partial charge is 0.0175 e. The summed E-state index contributed by atoms with van der Waals surface area (Å²) in [5.41, 5.74) is 1.40. The minimum absolute atomic E-state index is 0.644. The van der Waals surface area contributed by atoms with E-state index in [-0.39, 0.29) is 0 Å². The molecule has 1 rings (SSSR count). The van der Waals surface area contributed by atoms with Crippen LogP contribution < -0.4 is 5.32 Å². The van der Waals surface area contributed by atoms with Gasteiger partial charge in [0, 0.05) is 10.5 Å². The van der Waals surface area contributed by atoms with Gasteiger partial charge in [-0.1, -0.05) is 41.4 Å². The molecule has 1 aromatic carbocycles. The quantitative estimate of drug-likeness (QED) is 0.829. The van der Waals surface area contributed by atoms with E-state index in [9.17, 15) is 0 Å². The Labute approximate surface area is 101 Å². The summed E-state index contributed by atoms with van der Waals surface area (Å²) in [4.78, 5) is 0. The van der Waals surface area contributed by atoms with Crippen molar-refractivity contribution < 1.29 is 0 Å². The van der Waals surface area contributed by atoms with Crippen LogP contribution in [0.25, 0.3) is 0 Å². The number of benzene rings is 1. The fourth-order valence-corrected chi connectivity index (χ4v) is 1.91. The van der Waals surface area contributed by atoms with Crippen molar-refractivity contribution in [2.75, 3.05) is 6.54 Å². The Morgan fingerprint density at radius 3 is 2.53 bits per heavy atom. The predicted octanol–water partition coefficient (Wildman–Crippen LogP) is 3.77. The lowest BCUT2D eigenvalue weighted by atomic mass is 10.1. The van der Waals surface area contributed by atoms with Gasteiger partial charge in [-0.05, 0) is 44.0 Å². The monoisotopic (exact) mass is 269 g/mol. The third-order valence-electron chi connectivity index (χ3n) is 2.54. The lowest BCUT2D eigenvalue weighted by Gasteiger charge is -2.12. The van der Waals surface area contributed by atoms with Gasteiger partial charge in [-0.15, -0.1) is 0 Å². The lowest BCUT2D eigenvalue weighted by molar-refractivity contribution is 0.512. The first-order valence-corrected chi connectivity index (χ1v) is 6.49. The third kappa shape index (κ3) is 5.33. The maximum absolute atomic E-state index is 3.53. The van der Waals surface area contributed by atoms with Gasteiger partial charge in [0.25, 0.3) is 0 Å². The van der Waals surface area contributed by atoms with Crippen molar-refractivity contribution in [2.24, 2.45) is 0 Å². The van der Waals surface area contributed by atoms with Gasteiger partial charge < -0.3 is 5.32 Å². The molecule has 1 nitrogen and oxygen atoms in total. The molecule has 2 heteroatoms. The van der Waals surface area contributed by atoms with Gasteiger partial charge in [-0.25, -0.2) is 0 Å². The van der Waals surface area contributed by atoms with Gasteiger partial charge in [0.1, 0.15) is 0 Å². The second kappa shape index (κ2) is 7.02. The summed E-state index contributed by atoms with van der Waals surface area (Å²) in [6.07, 6.45) is 3.63. The topological polar surface area (TPSA) is 12.0 Å².